The summed E-state index contributed by atoms with van der Waals surface area (Å²) in [4.78, 5) is 28.5. The molecule has 0 bridgehead atoms. The lowest BCUT2D eigenvalue weighted by Gasteiger charge is -2.36. The summed E-state index contributed by atoms with van der Waals surface area (Å²) in [7, 11) is 0. The van der Waals surface area contributed by atoms with Crippen molar-refractivity contribution in [3.8, 4) is 11.1 Å². The lowest BCUT2D eigenvalue weighted by atomic mass is 9.94. The maximum absolute atomic E-state index is 13.6. The van der Waals surface area contributed by atoms with Crippen molar-refractivity contribution in [3.63, 3.8) is 0 Å². The van der Waals surface area contributed by atoms with E-state index in [4.69, 9.17) is 5.10 Å². The standard InChI is InChI=1S/C35H36F2N8O/c1-21-23(10-6-12-25(21)39-33-31-27(14-8-16-38-31)40-34(42-33)32(36)37)24-11-7-13-26(22(24)2)41-35(46)28-20-30-29(15-9-19-45(30)43-28)44-17-4-3-5-18-44/h6-8,10-14,16,20,29,32H,3-5,9,15,17-19H2,1-2H3,(H,41,46)(H,39,40,42)/t29-/m1/s1. The minimum Gasteiger partial charge on any atom is -0.338 e. The number of hydrogen-bond donors (Lipinski definition) is 2. The van der Waals surface area contributed by atoms with Crippen LogP contribution in [0.5, 0.6) is 0 Å². The van der Waals surface area contributed by atoms with Crippen molar-refractivity contribution in [3.05, 3.63) is 89.1 Å². The Morgan fingerprint density at radius 1 is 0.891 bits per heavy atom. The summed E-state index contributed by atoms with van der Waals surface area (Å²) in [6.07, 6.45) is 4.65. The van der Waals surface area contributed by atoms with E-state index in [0.717, 1.165) is 60.4 Å². The molecule has 11 heteroatoms. The van der Waals surface area contributed by atoms with Gasteiger partial charge in [-0.25, -0.2) is 18.7 Å². The number of nitrogens with one attached hydrogen (secondary N) is 2. The van der Waals surface area contributed by atoms with Gasteiger partial charge in [0.15, 0.2) is 17.3 Å². The number of likely N-dealkylation sites (tertiary alicyclic amines) is 1. The number of pyridine rings is 1. The molecule has 0 aliphatic carbocycles. The van der Waals surface area contributed by atoms with Gasteiger partial charge >= 0.3 is 0 Å². The third-order valence-electron chi connectivity index (χ3n) is 9.19. The van der Waals surface area contributed by atoms with Crippen LogP contribution in [0.15, 0.2) is 60.8 Å². The van der Waals surface area contributed by atoms with Crippen LogP contribution in [0.25, 0.3) is 22.2 Å². The second-order valence-electron chi connectivity index (χ2n) is 12.1. The molecule has 5 aromatic rings. The van der Waals surface area contributed by atoms with Gasteiger partial charge in [0.05, 0.1) is 17.3 Å². The first-order valence-electron chi connectivity index (χ1n) is 15.9. The van der Waals surface area contributed by atoms with Crippen molar-refractivity contribution in [1.82, 2.24) is 29.6 Å². The Bertz CT molecular complexity index is 1920. The van der Waals surface area contributed by atoms with Gasteiger partial charge in [-0.1, -0.05) is 30.7 Å². The zero-order chi connectivity index (χ0) is 31.8. The molecular formula is C35H36F2N8O. The molecule has 0 saturated carbocycles. The molecule has 2 N–H and O–H groups in total. The molecule has 5 heterocycles. The molecule has 46 heavy (non-hydrogen) atoms. The van der Waals surface area contributed by atoms with E-state index in [1.165, 1.54) is 19.3 Å². The highest BCUT2D eigenvalue weighted by molar-refractivity contribution is 6.04. The molecule has 2 aromatic carbocycles. The number of nitrogens with zero attached hydrogens (tertiary/aromatic N) is 6. The largest absolute Gasteiger partial charge is 0.338 e. The third-order valence-corrected chi connectivity index (χ3v) is 9.19. The summed E-state index contributed by atoms with van der Waals surface area (Å²) in [6.45, 7) is 6.97. The van der Waals surface area contributed by atoms with Crippen molar-refractivity contribution in [2.75, 3.05) is 23.7 Å². The van der Waals surface area contributed by atoms with E-state index < -0.39 is 12.2 Å². The number of fused-ring (bicyclic) bond motifs is 2. The SMILES string of the molecule is Cc1c(NC(=O)c2cc3n(n2)CCC[C@H]3N2CCCCC2)cccc1-c1cccc(Nc2nc(C(F)F)nc3cccnc23)c1C. The van der Waals surface area contributed by atoms with Crippen LogP contribution in [0.1, 0.15) is 77.7 Å². The van der Waals surface area contributed by atoms with Crippen LogP contribution in [-0.4, -0.2) is 48.6 Å². The molecule has 236 valence electrons. The second kappa shape index (κ2) is 12.6. The first-order valence-corrected chi connectivity index (χ1v) is 15.9. The monoisotopic (exact) mass is 622 g/mol. The number of amides is 1. The van der Waals surface area contributed by atoms with E-state index in [-0.39, 0.29) is 11.7 Å². The number of carbonyl (C=O) groups is 1. The van der Waals surface area contributed by atoms with Gasteiger partial charge in [-0.05, 0) is 105 Å². The van der Waals surface area contributed by atoms with Crippen LogP contribution in [0.2, 0.25) is 0 Å². The summed E-state index contributed by atoms with van der Waals surface area (Å²) in [6, 6.07) is 17.2. The first kappa shape index (κ1) is 29.9. The Morgan fingerprint density at radius 2 is 1.63 bits per heavy atom. The Kier molecular flexibility index (Phi) is 8.16. The van der Waals surface area contributed by atoms with Gasteiger partial charge in [-0.2, -0.15) is 5.10 Å². The normalized spacial score (nSPS) is 16.8. The number of hydrogen-bond acceptors (Lipinski definition) is 7. The fraction of sp³-hybridized carbons (Fsp3) is 0.343. The van der Waals surface area contributed by atoms with Gasteiger partial charge in [0.25, 0.3) is 12.3 Å². The van der Waals surface area contributed by atoms with Crippen molar-refractivity contribution in [1.29, 1.82) is 0 Å². The highest BCUT2D eigenvalue weighted by atomic mass is 19.3. The smallest absolute Gasteiger partial charge is 0.297 e. The molecule has 2 aliphatic rings. The van der Waals surface area contributed by atoms with Crippen molar-refractivity contribution in [2.45, 2.75) is 65.0 Å². The third kappa shape index (κ3) is 5.71. The number of rotatable bonds is 7. The number of halogens is 2. The van der Waals surface area contributed by atoms with Gasteiger partial charge < -0.3 is 10.6 Å². The van der Waals surface area contributed by atoms with E-state index in [9.17, 15) is 13.6 Å². The molecule has 1 atom stereocenters. The van der Waals surface area contributed by atoms with Gasteiger partial charge in [-0.3, -0.25) is 19.4 Å². The molecule has 0 radical (unpaired) electrons. The van der Waals surface area contributed by atoms with E-state index in [1.54, 1.807) is 18.3 Å². The highest BCUT2D eigenvalue weighted by Gasteiger charge is 2.30. The Balaban J connectivity index is 1.15. The molecule has 1 fully saturated rings. The lowest BCUT2D eigenvalue weighted by Crippen LogP contribution is -2.36. The zero-order valence-corrected chi connectivity index (χ0v) is 25.9. The summed E-state index contributed by atoms with van der Waals surface area (Å²) >= 11 is 0. The molecule has 1 saturated heterocycles. The topological polar surface area (TPSA) is 101 Å². The number of aromatic nitrogens is 5. The maximum Gasteiger partial charge on any atom is 0.297 e. The van der Waals surface area contributed by atoms with Crippen molar-refractivity contribution >= 4 is 34.1 Å². The van der Waals surface area contributed by atoms with E-state index >= 15 is 0 Å². The molecule has 0 unspecified atom stereocenters. The number of alkyl halides is 2. The molecule has 0 spiro atoms. The molecule has 7 rings (SSSR count). The number of piperidine rings is 1. The first-order chi connectivity index (χ1) is 22.4. The van der Waals surface area contributed by atoms with E-state index in [0.29, 0.717) is 34.1 Å². The minimum atomic E-state index is -2.82. The fourth-order valence-electron chi connectivity index (χ4n) is 6.78. The average Bonchev–Trinajstić information content (AvgIpc) is 3.52. The van der Waals surface area contributed by atoms with E-state index in [2.05, 4.69) is 30.5 Å². The Labute approximate surface area is 266 Å². The molecular weight excluding hydrogens is 586 g/mol. The predicted molar refractivity (Wildman–Crippen MR) is 175 cm³/mol. The zero-order valence-electron chi connectivity index (χ0n) is 25.9. The second-order valence-corrected chi connectivity index (χ2v) is 12.1. The summed E-state index contributed by atoms with van der Waals surface area (Å²) < 4.78 is 29.2. The Hall–Kier alpha value is -4.77. The van der Waals surface area contributed by atoms with Crippen molar-refractivity contribution < 1.29 is 13.6 Å². The van der Waals surface area contributed by atoms with Gasteiger partial charge in [-0.15, -0.1) is 0 Å². The number of aryl methyl sites for hydroxylation is 1. The van der Waals surface area contributed by atoms with Crippen LogP contribution in [-0.2, 0) is 6.54 Å². The lowest BCUT2D eigenvalue weighted by molar-refractivity contribution is 0.102. The quantitative estimate of drug-likeness (QED) is 0.191. The summed E-state index contributed by atoms with van der Waals surface area (Å²) in [5.74, 6) is -0.578. The van der Waals surface area contributed by atoms with Crippen LogP contribution >= 0.6 is 0 Å². The number of carbonyl (C=O) groups excluding carboxylic acids is 1. The van der Waals surface area contributed by atoms with Crippen LogP contribution in [0.3, 0.4) is 0 Å². The van der Waals surface area contributed by atoms with Crippen LogP contribution in [0, 0.1) is 13.8 Å². The summed E-state index contributed by atoms with van der Waals surface area (Å²) in [5.41, 5.74) is 7.37. The average molecular weight is 623 g/mol. The van der Waals surface area contributed by atoms with Crippen molar-refractivity contribution in [2.24, 2.45) is 0 Å². The van der Waals surface area contributed by atoms with Crippen LogP contribution in [0.4, 0.5) is 26.0 Å². The Morgan fingerprint density at radius 3 is 2.39 bits per heavy atom. The van der Waals surface area contributed by atoms with Gasteiger partial charge in [0, 0.05) is 24.1 Å². The molecule has 2 aliphatic heterocycles. The van der Waals surface area contributed by atoms with Crippen LogP contribution < -0.4 is 10.6 Å². The number of benzene rings is 2. The maximum atomic E-state index is 13.6. The summed E-state index contributed by atoms with van der Waals surface area (Å²) in [5, 5.41) is 11.1. The molecule has 3 aromatic heterocycles. The predicted octanol–water partition coefficient (Wildman–Crippen LogP) is 7.76. The minimum absolute atomic E-state index is 0.212. The molecule has 9 nitrogen and oxygen atoms in total. The molecule has 1 amide bonds. The highest BCUT2D eigenvalue weighted by Crippen LogP contribution is 2.36. The number of anilines is 3. The van der Waals surface area contributed by atoms with Gasteiger partial charge in [0.1, 0.15) is 5.52 Å². The van der Waals surface area contributed by atoms with E-state index in [1.807, 2.05) is 61.0 Å². The fourth-order valence-corrected chi connectivity index (χ4v) is 6.78. The van der Waals surface area contributed by atoms with Gasteiger partial charge in [0.2, 0.25) is 0 Å².